The molecule has 1 aromatic carbocycles. The molecule has 1 heterocycles. The number of benzene rings is 1. The molecular formula is C10H12BrFN2O2S. The first-order valence-corrected chi connectivity index (χ1v) is 7.45. The van der Waals surface area contributed by atoms with E-state index in [0.29, 0.717) is 17.6 Å². The summed E-state index contributed by atoms with van der Waals surface area (Å²) in [6.45, 7) is 1.04. The van der Waals surface area contributed by atoms with Gasteiger partial charge in [-0.05, 0) is 47.0 Å². The van der Waals surface area contributed by atoms with E-state index in [0.717, 1.165) is 18.9 Å². The van der Waals surface area contributed by atoms with E-state index in [-0.39, 0.29) is 5.69 Å². The van der Waals surface area contributed by atoms with E-state index < -0.39 is 16.0 Å². The van der Waals surface area contributed by atoms with Crippen molar-refractivity contribution in [1.82, 2.24) is 4.31 Å². The first kappa shape index (κ1) is 12.8. The number of rotatable bonds is 3. The maximum atomic E-state index is 13.2. The summed E-state index contributed by atoms with van der Waals surface area (Å²) < 4.78 is 41.0. The largest absolute Gasteiger partial charge is 0.301 e. The average Bonchev–Trinajstić information content (AvgIpc) is 2.77. The minimum absolute atomic E-state index is 0.234. The van der Waals surface area contributed by atoms with Gasteiger partial charge in [-0.15, -0.1) is 0 Å². The van der Waals surface area contributed by atoms with Gasteiger partial charge in [0.05, 0.1) is 10.2 Å². The van der Waals surface area contributed by atoms with Crippen molar-refractivity contribution in [1.29, 1.82) is 0 Å². The summed E-state index contributed by atoms with van der Waals surface area (Å²) >= 11 is 3.01. The summed E-state index contributed by atoms with van der Waals surface area (Å²) in [5.74, 6) is -0.494. The molecule has 1 aromatic rings. The number of anilines is 1. The molecule has 0 amide bonds. The second kappa shape index (κ2) is 4.91. The fourth-order valence-corrected chi connectivity index (χ4v) is 3.24. The van der Waals surface area contributed by atoms with E-state index in [4.69, 9.17) is 0 Å². The van der Waals surface area contributed by atoms with Crippen LogP contribution in [0.4, 0.5) is 10.1 Å². The zero-order valence-corrected chi connectivity index (χ0v) is 11.4. The van der Waals surface area contributed by atoms with Crippen LogP contribution in [0, 0.1) is 5.82 Å². The van der Waals surface area contributed by atoms with Crippen LogP contribution in [-0.4, -0.2) is 25.8 Å². The molecular weight excluding hydrogens is 311 g/mol. The van der Waals surface area contributed by atoms with Crippen molar-refractivity contribution in [3.05, 3.63) is 28.5 Å². The van der Waals surface area contributed by atoms with Crippen LogP contribution < -0.4 is 4.72 Å². The summed E-state index contributed by atoms with van der Waals surface area (Å²) in [5, 5.41) is 0. The third-order valence-electron chi connectivity index (χ3n) is 2.57. The standard InChI is InChI=1S/C10H12BrFN2O2S/c11-9-4-3-8(7-10(9)12)13-17(15,16)14-5-1-2-6-14/h3-4,7,13H,1-2,5-6H2. The van der Waals surface area contributed by atoms with Crippen molar-refractivity contribution < 1.29 is 12.8 Å². The van der Waals surface area contributed by atoms with Gasteiger partial charge in [-0.3, -0.25) is 4.72 Å². The van der Waals surface area contributed by atoms with Gasteiger partial charge in [0.15, 0.2) is 0 Å². The van der Waals surface area contributed by atoms with Gasteiger partial charge in [0.1, 0.15) is 5.82 Å². The quantitative estimate of drug-likeness (QED) is 0.928. The lowest BCUT2D eigenvalue weighted by Gasteiger charge is -2.16. The molecule has 1 N–H and O–H groups in total. The molecule has 0 spiro atoms. The van der Waals surface area contributed by atoms with Crippen LogP contribution in [0.2, 0.25) is 0 Å². The highest BCUT2D eigenvalue weighted by Crippen LogP contribution is 2.21. The molecule has 0 radical (unpaired) electrons. The molecule has 0 saturated carbocycles. The maximum Gasteiger partial charge on any atom is 0.301 e. The predicted molar refractivity (Wildman–Crippen MR) is 67.4 cm³/mol. The molecule has 1 saturated heterocycles. The normalized spacial score (nSPS) is 17.3. The SMILES string of the molecule is O=S(=O)(Nc1ccc(Br)c(F)c1)N1CCCC1. The van der Waals surface area contributed by atoms with Crippen molar-refractivity contribution in [2.75, 3.05) is 17.8 Å². The second-order valence-corrected chi connectivity index (χ2v) is 6.37. The van der Waals surface area contributed by atoms with Crippen molar-refractivity contribution in [3.8, 4) is 0 Å². The Hall–Kier alpha value is -0.660. The smallest absolute Gasteiger partial charge is 0.271 e. The van der Waals surface area contributed by atoms with Gasteiger partial charge < -0.3 is 0 Å². The van der Waals surface area contributed by atoms with Crippen LogP contribution >= 0.6 is 15.9 Å². The third kappa shape index (κ3) is 2.97. The highest BCUT2D eigenvalue weighted by molar-refractivity contribution is 9.10. The van der Waals surface area contributed by atoms with Crippen LogP contribution in [0.15, 0.2) is 22.7 Å². The lowest BCUT2D eigenvalue weighted by atomic mass is 10.3. The van der Waals surface area contributed by atoms with E-state index >= 15 is 0 Å². The monoisotopic (exact) mass is 322 g/mol. The summed E-state index contributed by atoms with van der Waals surface area (Å²) in [7, 11) is -3.54. The summed E-state index contributed by atoms with van der Waals surface area (Å²) in [6.07, 6.45) is 1.74. The first-order chi connectivity index (χ1) is 7.99. The Labute approximate surface area is 108 Å². The predicted octanol–water partition coefficient (Wildman–Crippen LogP) is 2.34. The Kier molecular flexibility index (Phi) is 3.70. The van der Waals surface area contributed by atoms with Crippen LogP contribution in [0.1, 0.15) is 12.8 Å². The summed E-state index contributed by atoms with van der Waals surface area (Å²) in [5.41, 5.74) is 0.234. The number of hydrogen-bond donors (Lipinski definition) is 1. The zero-order valence-electron chi connectivity index (χ0n) is 8.99. The first-order valence-electron chi connectivity index (χ1n) is 5.22. The van der Waals surface area contributed by atoms with Crippen molar-refractivity contribution in [2.24, 2.45) is 0 Å². The van der Waals surface area contributed by atoms with Crippen molar-refractivity contribution in [3.63, 3.8) is 0 Å². The Bertz CT molecular complexity index is 515. The molecule has 4 nitrogen and oxygen atoms in total. The zero-order chi connectivity index (χ0) is 12.5. The number of nitrogens with one attached hydrogen (secondary N) is 1. The molecule has 0 aromatic heterocycles. The van der Waals surface area contributed by atoms with Crippen molar-refractivity contribution >= 4 is 31.8 Å². The Morgan fingerprint density at radius 2 is 1.94 bits per heavy atom. The number of hydrogen-bond acceptors (Lipinski definition) is 2. The third-order valence-corrected chi connectivity index (χ3v) is 4.75. The van der Waals surface area contributed by atoms with E-state index in [9.17, 15) is 12.8 Å². The van der Waals surface area contributed by atoms with Gasteiger partial charge in [0, 0.05) is 13.1 Å². The molecule has 0 unspecified atom stereocenters. The molecule has 17 heavy (non-hydrogen) atoms. The lowest BCUT2D eigenvalue weighted by Crippen LogP contribution is -2.33. The molecule has 1 aliphatic rings. The van der Waals surface area contributed by atoms with Gasteiger partial charge in [0.2, 0.25) is 0 Å². The van der Waals surface area contributed by atoms with Gasteiger partial charge in [-0.2, -0.15) is 12.7 Å². The number of halogens is 2. The van der Waals surface area contributed by atoms with E-state index in [1.807, 2.05) is 0 Å². The lowest BCUT2D eigenvalue weighted by molar-refractivity contribution is 0.482. The fraction of sp³-hybridized carbons (Fsp3) is 0.400. The van der Waals surface area contributed by atoms with Gasteiger partial charge in [-0.1, -0.05) is 0 Å². The second-order valence-electron chi connectivity index (χ2n) is 3.84. The van der Waals surface area contributed by atoms with E-state index in [1.54, 1.807) is 0 Å². The molecule has 94 valence electrons. The molecule has 1 aliphatic heterocycles. The topological polar surface area (TPSA) is 49.4 Å². The van der Waals surface area contributed by atoms with Crippen LogP contribution in [0.25, 0.3) is 0 Å². The summed E-state index contributed by atoms with van der Waals surface area (Å²) in [4.78, 5) is 0. The molecule has 1 fully saturated rings. The average molecular weight is 323 g/mol. The highest BCUT2D eigenvalue weighted by Gasteiger charge is 2.25. The van der Waals surface area contributed by atoms with Crippen molar-refractivity contribution in [2.45, 2.75) is 12.8 Å². The Morgan fingerprint density at radius 1 is 1.29 bits per heavy atom. The van der Waals surface area contributed by atoms with Gasteiger partial charge in [0.25, 0.3) is 0 Å². The highest BCUT2D eigenvalue weighted by atomic mass is 79.9. The van der Waals surface area contributed by atoms with Crippen LogP contribution in [0.5, 0.6) is 0 Å². The van der Waals surface area contributed by atoms with E-state index in [2.05, 4.69) is 20.7 Å². The molecule has 0 atom stereocenters. The van der Waals surface area contributed by atoms with Gasteiger partial charge in [-0.25, -0.2) is 4.39 Å². The van der Waals surface area contributed by atoms with Crippen LogP contribution in [-0.2, 0) is 10.2 Å². The van der Waals surface area contributed by atoms with Crippen LogP contribution in [0.3, 0.4) is 0 Å². The summed E-state index contributed by atoms with van der Waals surface area (Å²) in [6, 6.07) is 4.13. The minimum Gasteiger partial charge on any atom is -0.271 e. The molecule has 0 aliphatic carbocycles. The molecule has 7 heteroatoms. The van der Waals surface area contributed by atoms with E-state index in [1.165, 1.54) is 16.4 Å². The van der Waals surface area contributed by atoms with Gasteiger partial charge >= 0.3 is 10.2 Å². The fourth-order valence-electron chi connectivity index (χ4n) is 1.70. The molecule has 2 rings (SSSR count). The minimum atomic E-state index is -3.54. The number of nitrogens with zero attached hydrogens (tertiary/aromatic N) is 1. The maximum absolute atomic E-state index is 13.2. The Morgan fingerprint density at radius 3 is 2.53 bits per heavy atom. The molecule has 0 bridgehead atoms. The Balaban J connectivity index is 2.17.